The lowest BCUT2D eigenvalue weighted by atomic mass is 10.1. The molecule has 0 fully saturated rings. The monoisotopic (exact) mass is 313 g/mol. The van der Waals surface area contributed by atoms with Crippen molar-refractivity contribution in [3.8, 4) is 0 Å². The molecule has 1 aromatic heterocycles. The Hall–Kier alpha value is -1.73. The number of aromatic nitrogens is 1. The molecule has 1 heterocycles. The van der Waals surface area contributed by atoms with E-state index in [-0.39, 0.29) is 10.8 Å². The highest BCUT2D eigenvalue weighted by Gasteiger charge is 2.31. The number of rotatable bonds is 4. The van der Waals surface area contributed by atoms with Crippen LogP contribution in [0.15, 0.2) is 41.4 Å². The van der Waals surface area contributed by atoms with Crippen molar-refractivity contribution in [2.75, 3.05) is 5.43 Å². The summed E-state index contributed by atoms with van der Waals surface area (Å²) in [6, 6.07) is 9.64. The predicted molar refractivity (Wildman–Crippen MR) is 77.8 cm³/mol. The maximum atomic E-state index is 12.8. The van der Waals surface area contributed by atoms with Crippen molar-refractivity contribution >= 4 is 17.6 Å². The number of nitrogens with two attached hydrogens (primary N) is 1. The first kappa shape index (κ1) is 15.7. The van der Waals surface area contributed by atoms with Crippen LogP contribution in [0.5, 0.6) is 0 Å². The van der Waals surface area contributed by atoms with Crippen LogP contribution in [0.25, 0.3) is 0 Å². The molecule has 2 aromatic rings. The molecule has 0 saturated carbocycles. The maximum absolute atomic E-state index is 12.8. The Morgan fingerprint density at radius 2 is 1.95 bits per heavy atom. The van der Waals surface area contributed by atoms with E-state index in [2.05, 4.69) is 10.4 Å². The molecule has 0 aliphatic rings. The molecular weight excluding hydrogens is 299 g/mol. The van der Waals surface area contributed by atoms with Crippen LogP contribution in [0.2, 0.25) is 0 Å². The van der Waals surface area contributed by atoms with E-state index in [1.54, 1.807) is 0 Å². The molecule has 0 atom stereocenters. The van der Waals surface area contributed by atoms with Gasteiger partial charge in [-0.3, -0.25) is 0 Å². The Kier molecular flexibility index (Phi) is 4.74. The number of anilines is 1. The van der Waals surface area contributed by atoms with E-state index in [0.29, 0.717) is 5.75 Å². The Morgan fingerprint density at radius 3 is 2.57 bits per heavy atom. The van der Waals surface area contributed by atoms with Gasteiger partial charge in [0, 0.05) is 5.75 Å². The topological polar surface area (TPSA) is 50.9 Å². The Labute approximate surface area is 124 Å². The number of nitrogen functional groups attached to an aromatic ring is 1. The number of halogens is 3. The van der Waals surface area contributed by atoms with Crippen LogP contribution in [0.4, 0.5) is 19.0 Å². The lowest BCUT2D eigenvalue weighted by Gasteiger charge is -2.11. The predicted octanol–water partition coefficient (Wildman–Crippen LogP) is 3.99. The van der Waals surface area contributed by atoms with Crippen molar-refractivity contribution in [2.24, 2.45) is 5.84 Å². The van der Waals surface area contributed by atoms with E-state index in [9.17, 15) is 13.2 Å². The molecule has 0 bridgehead atoms. The zero-order valence-electron chi connectivity index (χ0n) is 11.2. The van der Waals surface area contributed by atoms with Gasteiger partial charge in [-0.2, -0.15) is 13.2 Å². The van der Waals surface area contributed by atoms with Crippen molar-refractivity contribution in [3.63, 3.8) is 0 Å². The van der Waals surface area contributed by atoms with Gasteiger partial charge < -0.3 is 5.43 Å². The van der Waals surface area contributed by atoms with Gasteiger partial charge in [0.2, 0.25) is 0 Å². The number of nitrogens with one attached hydrogen (secondary N) is 1. The molecule has 3 N–H and O–H groups in total. The second-order valence-electron chi connectivity index (χ2n) is 4.44. The first-order chi connectivity index (χ1) is 9.90. The zero-order valence-corrected chi connectivity index (χ0v) is 12.1. The summed E-state index contributed by atoms with van der Waals surface area (Å²) in [6.07, 6.45) is -4.42. The molecule has 2 rings (SSSR count). The third-order valence-electron chi connectivity index (χ3n) is 2.91. The number of pyridine rings is 1. The molecule has 0 unspecified atom stereocenters. The summed E-state index contributed by atoms with van der Waals surface area (Å²) >= 11 is 1.24. The summed E-state index contributed by atoms with van der Waals surface area (Å²) in [7, 11) is 0. The second-order valence-corrected chi connectivity index (χ2v) is 5.43. The van der Waals surface area contributed by atoms with Crippen LogP contribution in [-0.2, 0) is 11.9 Å². The fourth-order valence-electron chi connectivity index (χ4n) is 1.74. The minimum absolute atomic E-state index is 0.00268. The highest BCUT2D eigenvalue weighted by molar-refractivity contribution is 7.98. The SMILES string of the molecule is Cc1ccccc1CSc1cc(C(F)(F)F)cc(NN)n1. The van der Waals surface area contributed by atoms with Crippen LogP contribution >= 0.6 is 11.8 Å². The zero-order chi connectivity index (χ0) is 15.5. The Bertz CT molecular complexity index is 629. The molecular formula is C14H14F3N3S. The van der Waals surface area contributed by atoms with Crippen LogP contribution < -0.4 is 11.3 Å². The molecule has 21 heavy (non-hydrogen) atoms. The van der Waals surface area contributed by atoms with Gasteiger partial charge in [0.25, 0.3) is 0 Å². The van der Waals surface area contributed by atoms with Crippen molar-refractivity contribution in [2.45, 2.75) is 23.9 Å². The Morgan fingerprint density at radius 1 is 1.24 bits per heavy atom. The lowest BCUT2D eigenvalue weighted by molar-refractivity contribution is -0.137. The number of aryl methyl sites for hydroxylation is 1. The molecule has 0 aliphatic heterocycles. The second kappa shape index (κ2) is 6.36. The van der Waals surface area contributed by atoms with E-state index in [1.807, 2.05) is 31.2 Å². The number of hydrazine groups is 1. The van der Waals surface area contributed by atoms with E-state index in [4.69, 9.17) is 5.84 Å². The summed E-state index contributed by atoms with van der Waals surface area (Å²) in [5, 5.41) is 0.279. The molecule has 0 aliphatic carbocycles. The van der Waals surface area contributed by atoms with Crippen molar-refractivity contribution in [3.05, 3.63) is 53.1 Å². The normalized spacial score (nSPS) is 11.5. The fourth-order valence-corrected chi connectivity index (χ4v) is 2.74. The van der Waals surface area contributed by atoms with Gasteiger partial charge in [0.15, 0.2) is 0 Å². The smallest absolute Gasteiger partial charge is 0.308 e. The minimum atomic E-state index is -4.42. The van der Waals surface area contributed by atoms with Crippen molar-refractivity contribution < 1.29 is 13.2 Å². The number of benzene rings is 1. The summed E-state index contributed by atoms with van der Waals surface area (Å²) in [6.45, 7) is 1.96. The summed E-state index contributed by atoms with van der Waals surface area (Å²) in [5.41, 5.74) is 3.55. The molecule has 0 radical (unpaired) electrons. The fraction of sp³-hybridized carbons (Fsp3) is 0.214. The van der Waals surface area contributed by atoms with Gasteiger partial charge in [0.1, 0.15) is 5.82 Å². The molecule has 0 amide bonds. The maximum Gasteiger partial charge on any atom is 0.416 e. The van der Waals surface area contributed by atoms with Gasteiger partial charge in [0.05, 0.1) is 10.6 Å². The Balaban J connectivity index is 2.22. The highest BCUT2D eigenvalue weighted by Crippen LogP contribution is 2.33. The molecule has 0 saturated heterocycles. The molecule has 1 aromatic carbocycles. The summed E-state index contributed by atoms with van der Waals surface area (Å²) in [5.74, 6) is 5.72. The molecule has 0 spiro atoms. The summed E-state index contributed by atoms with van der Waals surface area (Å²) in [4.78, 5) is 4.04. The van der Waals surface area contributed by atoms with E-state index >= 15 is 0 Å². The number of nitrogens with zero attached hydrogens (tertiary/aromatic N) is 1. The van der Waals surface area contributed by atoms with Crippen LogP contribution in [0.3, 0.4) is 0 Å². The third kappa shape index (κ3) is 4.12. The lowest BCUT2D eigenvalue weighted by Crippen LogP contribution is -2.12. The molecule has 112 valence electrons. The van der Waals surface area contributed by atoms with Crippen LogP contribution in [0, 0.1) is 6.92 Å². The summed E-state index contributed by atoms with van der Waals surface area (Å²) < 4.78 is 38.4. The van der Waals surface area contributed by atoms with Crippen LogP contribution in [0.1, 0.15) is 16.7 Å². The number of alkyl halides is 3. The average molecular weight is 313 g/mol. The quantitative estimate of drug-likeness (QED) is 0.509. The van der Waals surface area contributed by atoms with Crippen molar-refractivity contribution in [1.29, 1.82) is 0 Å². The standard InChI is InChI=1S/C14H14F3N3S/c1-9-4-2-3-5-10(9)8-21-13-7-11(14(15,16)17)6-12(19-13)20-18/h2-7H,8,18H2,1H3,(H,19,20). The first-order valence-corrected chi connectivity index (χ1v) is 7.12. The largest absolute Gasteiger partial charge is 0.416 e. The highest BCUT2D eigenvalue weighted by atomic mass is 32.2. The van der Waals surface area contributed by atoms with Gasteiger partial charge in [-0.05, 0) is 30.2 Å². The van der Waals surface area contributed by atoms with Gasteiger partial charge in [-0.15, -0.1) is 11.8 Å². The molecule has 7 heteroatoms. The van der Waals surface area contributed by atoms with Crippen LogP contribution in [-0.4, -0.2) is 4.98 Å². The van der Waals surface area contributed by atoms with Gasteiger partial charge in [-0.1, -0.05) is 24.3 Å². The number of thioether (sulfide) groups is 1. The molecule has 3 nitrogen and oxygen atoms in total. The van der Waals surface area contributed by atoms with E-state index in [1.165, 1.54) is 11.8 Å². The minimum Gasteiger partial charge on any atom is -0.308 e. The van der Waals surface area contributed by atoms with E-state index < -0.39 is 11.7 Å². The van der Waals surface area contributed by atoms with Crippen molar-refractivity contribution in [1.82, 2.24) is 4.98 Å². The van der Waals surface area contributed by atoms with Gasteiger partial charge >= 0.3 is 6.18 Å². The number of hydrogen-bond donors (Lipinski definition) is 2. The third-order valence-corrected chi connectivity index (χ3v) is 3.87. The van der Waals surface area contributed by atoms with Gasteiger partial charge in [-0.25, -0.2) is 10.8 Å². The average Bonchev–Trinajstić information content (AvgIpc) is 2.45. The number of hydrogen-bond acceptors (Lipinski definition) is 4. The van der Waals surface area contributed by atoms with E-state index in [0.717, 1.165) is 23.3 Å². The first-order valence-electron chi connectivity index (χ1n) is 6.13.